The lowest BCUT2D eigenvalue weighted by Gasteiger charge is -2.06. The lowest BCUT2D eigenvalue weighted by Crippen LogP contribution is -2.22. The highest BCUT2D eigenvalue weighted by Crippen LogP contribution is 1.99. The molecule has 7 nitrogen and oxygen atoms in total. The Morgan fingerprint density at radius 2 is 2.28 bits per heavy atom. The van der Waals surface area contributed by atoms with E-state index in [2.05, 4.69) is 10.1 Å². The van der Waals surface area contributed by atoms with Crippen LogP contribution in [0.1, 0.15) is 23.1 Å². The first-order chi connectivity index (χ1) is 8.61. The number of carboxylic acid groups (broad SMARTS) is 1. The van der Waals surface area contributed by atoms with Crippen molar-refractivity contribution in [2.75, 3.05) is 0 Å². The normalized spacial score (nSPS) is 10.5. The van der Waals surface area contributed by atoms with E-state index in [-0.39, 0.29) is 17.7 Å². The van der Waals surface area contributed by atoms with Crippen LogP contribution in [0.5, 0.6) is 0 Å². The van der Waals surface area contributed by atoms with Gasteiger partial charge in [0, 0.05) is 18.8 Å². The summed E-state index contributed by atoms with van der Waals surface area (Å²) < 4.78 is 3.07. The molecule has 0 saturated carbocycles. The lowest BCUT2D eigenvalue weighted by molar-refractivity contribution is 0.0696. The fraction of sp³-hybridized carbons (Fsp3) is 0.273. The topological polar surface area (TPSA) is 90.0 Å². The molecule has 0 radical (unpaired) electrons. The molecule has 0 bridgehead atoms. The first-order valence-corrected chi connectivity index (χ1v) is 5.42. The number of hydrogen-bond donors (Lipinski definition) is 1. The molecule has 2 aromatic rings. The van der Waals surface area contributed by atoms with Gasteiger partial charge in [-0.3, -0.25) is 4.79 Å². The molecule has 0 saturated heterocycles. The Balaban J connectivity index is 2.30. The third-order valence-electron chi connectivity index (χ3n) is 2.55. The van der Waals surface area contributed by atoms with E-state index in [9.17, 15) is 9.59 Å². The Morgan fingerprint density at radius 1 is 1.50 bits per heavy atom. The van der Waals surface area contributed by atoms with Crippen LogP contribution >= 0.6 is 0 Å². The van der Waals surface area contributed by atoms with E-state index in [1.807, 2.05) is 6.92 Å². The average molecular weight is 248 g/mol. The summed E-state index contributed by atoms with van der Waals surface area (Å²) in [6, 6.07) is 2.48. The Bertz CT molecular complexity index is 629. The SMILES string of the molecule is CCn1ncnc1Cn1ccc(C(=O)O)cc1=O. The predicted octanol–water partition coefficient (Wildman–Crippen LogP) is 0.206. The number of aryl methyl sites for hydroxylation is 1. The van der Waals surface area contributed by atoms with Crippen LogP contribution in [0.3, 0.4) is 0 Å². The van der Waals surface area contributed by atoms with Gasteiger partial charge in [0.25, 0.3) is 5.56 Å². The number of nitrogens with zero attached hydrogens (tertiary/aromatic N) is 4. The molecule has 0 aliphatic rings. The van der Waals surface area contributed by atoms with Gasteiger partial charge >= 0.3 is 5.97 Å². The lowest BCUT2D eigenvalue weighted by atomic mass is 10.3. The van der Waals surface area contributed by atoms with Gasteiger partial charge in [0.05, 0.1) is 12.1 Å². The summed E-state index contributed by atoms with van der Waals surface area (Å²) in [6.45, 7) is 2.86. The van der Waals surface area contributed by atoms with Crippen molar-refractivity contribution in [2.45, 2.75) is 20.0 Å². The molecule has 0 spiro atoms. The van der Waals surface area contributed by atoms with Gasteiger partial charge in [0.1, 0.15) is 12.2 Å². The van der Waals surface area contributed by atoms with Gasteiger partial charge < -0.3 is 9.67 Å². The van der Waals surface area contributed by atoms with E-state index in [4.69, 9.17) is 5.11 Å². The van der Waals surface area contributed by atoms with Gasteiger partial charge in [0.15, 0.2) is 0 Å². The van der Waals surface area contributed by atoms with E-state index in [1.165, 1.54) is 23.2 Å². The minimum Gasteiger partial charge on any atom is -0.478 e. The van der Waals surface area contributed by atoms with Gasteiger partial charge in [-0.05, 0) is 13.0 Å². The maximum atomic E-state index is 11.7. The number of rotatable bonds is 4. The fourth-order valence-electron chi connectivity index (χ4n) is 1.60. The van der Waals surface area contributed by atoms with Gasteiger partial charge in [0.2, 0.25) is 0 Å². The molecule has 2 rings (SSSR count). The zero-order valence-corrected chi connectivity index (χ0v) is 9.78. The monoisotopic (exact) mass is 248 g/mol. The van der Waals surface area contributed by atoms with E-state index in [0.717, 1.165) is 6.07 Å². The van der Waals surface area contributed by atoms with Crippen molar-refractivity contribution in [1.82, 2.24) is 19.3 Å². The highest BCUT2D eigenvalue weighted by Gasteiger charge is 2.08. The van der Waals surface area contributed by atoms with Crippen LogP contribution in [0.4, 0.5) is 0 Å². The molecular weight excluding hydrogens is 236 g/mol. The standard InChI is InChI=1S/C11H12N4O3/c1-2-15-9(12-7-13-15)6-14-4-3-8(11(17)18)5-10(14)16/h3-5,7H,2,6H2,1H3,(H,17,18). The summed E-state index contributed by atoms with van der Waals surface area (Å²) in [7, 11) is 0. The zero-order chi connectivity index (χ0) is 13.1. The van der Waals surface area contributed by atoms with Crippen molar-refractivity contribution in [1.29, 1.82) is 0 Å². The van der Waals surface area contributed by atoms with Crippen LogP contribution in [0.25, 0.3) is 0 Å². The smallest absolute Gasteiger partial charge is 0.335 e. The average Bonchev–Trinajstić information content (AvgIpc) is 2.78. The Labute approximate surface area is 102 Å². The number of pyridine rings is 1. The number of hydrogen-bond acceptors (Lipinski definition) is 4. The van der Waals surface area contributed by atoms with Crippen molar-refractivity contribution in [2.24, 2.45) is 0 Å². The molecule has 94 valence electrons. The quantitative estimate of drug-likeness (QED) is 0.835. The summed E-state index contributed by atoms with van der Waals surface area (Å²) in [5, 5.41) is 12.8. The number of aromatic nitrogens is 4. The van der Waals surface area contributed by atoms with Crippen LogP contribution in [-0.4, -0.2) is 30.4 Å². The van der Waals surface area contributed by atoms with E-state index >= 15 is 0 Å². The van der Waals surface area contributed by atoms with Crippen LogP contribution in [0, 0.1) is 0 Å². The third-order valence-corrected chi connectivity index (χ3v) is 2.55. The van der Waals surface area contributed by atoms with Crippen molar-refractivity contribution in [3.8, 4) is 0 Å². The van der Waals surface area contributed by atoms with Crippen LogP contribution < -0.4 is 5.56 Å². The highest BCUT2D eigenvalue weighted by molar-refractivity contribution is 5.87. The summed E-state index contributed by atoms with van der Waals surface area (Å²) in [5.74, 6) is -0.460. The highest BCUT2D eigenvalue weighted by atomic mass is 16.4. The van der Waals surface area contributed by atoms with E-state index in [1.54, 1.807) is 4.68 Å². The van der Waals surface area contributed by atoms with Crippen molar-refractivity contribution >= 4 is 5.97 Å². The Hall–Kier alpha value is -2.44. The van der Waals surface area contributed by atoms with Crippen LogP contribution in [0.15, 0.2) is 29.5 Å². The van der Waals surface area contributed by atoms with Crippen LogP contribution in [0.2, 0.25) is 0 Å². The third kappa shape index (κ3) is 2.29. The maximum Gasteiger partial charge on any atom is 0.335 e. The molecule has 0 unspecified atom stereocenters. The molecule has 0 aliphatic carbocycles. The molecule has 0 amide bonds. The molecule has 0 aliphatic heterocycles. The largest absolute Gasteiger partial charge is 0.478 e. The zero-order valence-electron chi connectivity index (χ0n) is 9.78. The minimum absolute atomic E-state index is 0.0202. The minimum atomic E-state index is -1.11. The second kappa shape index (κ2) is 4.82. The summed E-state index contributed by atoms with van der Waals surface area (Å²) in [5.41, 5.74) is -0.395. The van der Waals surface area contributed by atoms with Crippen molar-refractivity contribution in [3.05, 3.63) is 46.4 Å². The summed E-state index contributed by atoms with van der Waals surface area (Å²) in [6.07, 6.45) is 2.87. The van der Waals surface area contributed by atoms with Gasteiger partial charge in [-0.2, -0.15) is 5.10 Å². The van der Waals surface area contributed by atoms with E-state index < -0.39 is 5.97 Å². The Kier molecular flexibility index (Phi) is 3.22. The van der Waals surface area contributed by atoms with Crippen molar-refractivity contribution < 1.29 is 9.90 Å². The van der Waals surface area contributed by atoms with Gasteiger partial charge in [-0.15, -0.1) is 0 Å². The molecular formula is C11H12N4O3. The maximum absolute atomic E-state index is 11.7. The number of carbonyl (C=O) groups is 1. The second-order valence-electron chi connectivity index (χ2n) is 3.68. The molecule has 2 heterocycles. The second-order valence-corrected chi connectivity index (χ2v) is 3.68. The number of aromatic carboxylic acids is 1. The molecule has 0 aromatic carbocycles. The molecule has 18 heavy (non-hydrogen) atoms. The molecule has 2 aromatic heterocycles. The molecule has 0 atom stereocenters. The van der Waals surface area contributed by atoms with Gasteiger partial charge in [-0.25, -0.2) is 14.5 Å². The predicted molar refractivity (Wildman–Crippen MR) is 62.5 cm³/mol. The summed E-state index contributed by atoms with van der Waals surface area (Å²) >= 11 is 0. The fourth-order valence-corrected chi connectivity index (χ4v) is 1.60. The van der Waals surface area contributed by atoms with Gasteiger partial charge in [-0.1, -0.05) is 0 Å². The molecule has 1 N–H and O–H groups in total. The number of carboxylic acids is 1. The van der Waals surface area contributed by atoms with E-state index in [0.29, 0.717) is 12.4 Å². The first kappa shape index (κ1) is 12.0. The Morgan fingerprint density at radius 3 is 2.89 bits per heavy atom. The van der Waals surface area contributed by atoms with Crippen LogP contribution in [-0.2, 0) is 13.1 Å². The molecule has 7 heteroatoms. The molecule has 0 fully saturated rings. The first-order valence-electron chi connectivity index (χ1n) is 5.42. The van der Waals surface area contributed by atoms with Crippen molar-refractivity contribution in [3.63, 3.8) is 0 Å². The summed E-state index contributed by atoms with van der Waals surface area (Å²) in [4.78, 5) is 26.5.